The van der Waals surface area contributed by atoms with E-state index in [4.69, 9.17) is 4.74 Å². The fourth-order valence-electron chi connectivity index (χ4n) is 1.95. The topological polar surface area (TPSA) is 55.4 Å². The highest BCUT2D eigenvalue weighted by Crippen LogP contribution is 2.32. The molecule has 1 aromatic carbocycles. The SMILES string of the molecule is COc1ccc(C2CC(=O)NC(=O)C2)cc1Br. The van der Waals surface area contributed by atoms with Crippen LogP contribution in [0.3, 0.4) is 0 Å². The summed E-state index contributed by atoms with van der Waals surface area (Å²) in [5, 5.41) is 2.30. The Hall–Kier alpha value is -1.36. The molecule has 0 spiro atoms. The molecule has 90 valence electrons. The Balaban J connectivity index is 2.25. The van der Waals surface area contributed by atoms with E-state index in [-0.39, 0.29) is 17.7 Å². The third-order valence-corrected chi connectivity index (χ3v) is 3.41. The number of piperidine rings is 1. The van der Waals surface area contributed by atoms with Gasteiger partial charge in [-0.15, -0.1) is 0 Å². The molecule has 1 saturated heterocycles. The Morgan fingerprint density at radius 1 is 1.29 bits per heavy atom. The lowest BCUT2D eigenvalue weighted by Crippen LogP contribution is -2.37. The van der Waals surface area contributed by atoms with E-state index in [1.807, 2.05) is 18.2 Å². The van der Waals surface area contributed by atoms with Crippen molar-refractivity contribution in [2.24, 2.45) is 0 Å². The summed E-state index contributed by atoms with van der Waals surface area (Å²) in [7, 11) is 1.59. The van der Waals surface area contributed by atoms with Crippen molar-refractivity contribution in [3.05, 3.63) is 28.2 Å². The first-order valence-corrected chi connectivity index (χ1v) is 6.05. The van der Waals surface area contributed by atoms with Crippen LogP contribution < -0.4 is 10.1 Å². The van der Waals surface area contributed by atoms with Gasteiger partial charge in [0.15, 0.2) is 0 Å². The summed E-state index contributed by atoms with van der Waals surface area (Å²) in [6.45, 7) is 0. The zero-order valence-corrected chi connectivity index (χ0v) is 10.9. The predicted molar refractivity (Wildman–Crippen MR) is 65.8 cm³/mol. The Morgan fingerprint density at radius 3 is 2.47 bits per heavy atom. The van der Waals surface area contributed by atoms with Gasteiger partial charge in [0, 0.05) is 18.8 Å². The van der Waals surface area contributed by atoms with Gasteiger partial charge in [0.05, 0.1) is 11.6 Å². The molecular formula is C12H12BrNO3. The van der Waals surface area contributed by atoms with E-state index in [2.05, 4.69) is 21.2 Å². The van der Waals surface area contributed by atoms with Crippen LogP contribution in [0.1, 0.15) is 24.3 Å². The van der Waals surface area contributed by atoms with Crippen LogP contribution in [0, 0.1) is 0 Å². The van der Waals surface area contributed by atoms with Crippen molar-refractivity contribution in [1.29, 1.82) is 0 Å². The molecule has 0 bridgehead atoms. The summed E-state index contributed by atoms with van der Waals surface area (Å²) in [6.07, 6.45) is 0.703. The highest BCUT2D eigenvalue weighted by molar-refractivity contribution is 9.10. The number of methoxy groups -OCH3 is 1. The van der Waals surface area contributed by atoms with E-state index in [1.54, 1.807) is 7.11 Å². The molecule has 0 aromatic heterocycles. The first-order chi connectivity index (χ1) is 8.10. The second kappa shape index (κ2) is 4.87. The third-order valence-electron chi connectivity index (χ3n) is 2.79. The van der Waals surface area contributed by atoms with Crippen LogP contribution >= 0.6 is 15.9 Å². The van der Waals surface area contributed by atoms with Gasteiger partial charge in [0.2, 0.25) is 11.8 Å². The number of hydrogen-bond donors (Lipinski definition) is 1. The first kappa shape index (κ1) is 12.1. The molecule has 2 rings (SSSR count). The molecule has 0 atom stereocenters. The largest absolute Gasteiger partial charge is 0.496 e. The summed E-state index contributed by atoms with van der Waals surface area (Å²) >= 11 is 3.39. The number of hydrogen-bond acceptors (Lipinski definition) is 3. The van der Waals surface area contributed by atoms with Gasteiger partial charge < -0.3 is 4.74 Å². The molecule has 1 aliphatic rings. The number of benzene rings is 1. The standard InChI is InChI=1S/C12H12BrNO3/c1-17-10-3-2-7(4-9(10)13)8-5-11(15)14-12(16)6-8/h2-4,8H,5-6H2,1H3,(H,14,15,16). The fourth-order valence-corrected chi connectivity index (χ4v) is 2.51. The maximum absolute atomic E-state index is 11.3. The maximum atomic E-state index is 11.3. The second-order valence-corrected chi connectivity index (χ2v) is 4.82. The molecular weight excluding hydrogens is 286 g/mol. The Morgan fingerprint density at radius 2 is 1.94 bits per heavy atom. The molecule has 1 heterocycles. The quantitative estimate of drug-likeness (QED) is 0.849. The lowest BCUT2D eigenvalue weighted by Gasteiger charge is -2.21. The highest BCUT2D eigenvalue weighted by atomic mass is 79.9. The van der Waals surface area contributed by atoms with Gasteiger partial charge >= 0.3 is 0 Å². The van der Waals surface area contributed by atoms with Crippen molar-refractivity contribution in [3.8, 4) is 5.75 Å². The molecule has 1 N–H and O–H groups in total. The normalized spacial score (nSPS) is 16.8. The second-order valence-electron chi connectivity index (χ2n) is 3.97. The van der Waals surface area contributed by atoms with Gasteiger partial charge in [0.1, 0.15) is 5.75 Å². The van der Waals surface area contributed by atoms with E-state index in [0.717, 1.165) is 15.8 Å². The average Bonchev–Trinajstić information content (AvgIpc) is 2.27. The Labute approximate surface area is 107 Å². The molecule has 2 amide bonds. The van der Waals surface area contributed by atoms with Gasteiger partial charge in [-0.1, -0.05) is 6.07 Å². The van der Waals surface area contributed by atoms with Gasteiger partial charge in [-0.05, 0) is 33.6 Å². The van der Waals surface area contributed by atoms with Crippen LogP contribution in [0.5, 0.6) is 5.75 Å². The third kappa shape index (κ3) is 2.66. The van der Waals surface area contributed by atoms with Gasteiger partial charge in [-0.2, -0.15) is 0 Å². The summed E-state index contributed by atoms with van der Waals surface area (Å²) in [5.41, 5.74) is 0.973. The van der Waals surface area contributed by atoms with E-state index < -0.39 is 0 Å². The fraction of sp³-hybridized carbons (Fsp3) is 0.333. The monoisotopic (exact) mass is 297 g/mol. The molecule has 4 nitrogen and oxygen atoms in total. The van der Waals surface area contributed by atoms with Crippen LogP contribution in [0.25, 0.3) is 0 Å². The van der Waals surface area contributed by atoms with Crippen LogP contribution in [0.2, 0.25) is 0 Å². The average molecular weight is 298 g/mol. The Bertz CT molecular complexity index is 457. The minimum atomic E-state index is -0.210. The van der Waals surface area contributed by atoms with Gasteiger partial charge in [-0.25, -0.2) is 0 Å². The first-order valence-electron chi connectivity index (χ1n) is 5.26. The van der Waals surface area contributed by atoms with Gasteiger partial charge in [0.25, 0.3) is 0 Å². The van der Waals surface area contributed by atoms with Crippen LogP contribution in [-0.4, -0.2) is 18.9 Å². The number of rotatable bonds is 2. The van der Waals surface area contributed by atoms with Crippen molar-refractivity contribution >= 4 is 27.7 Å². The summed E-state index contributed by atoms with van der Waals surface area (Å²) in [4.78, 5) is 22.6. The van der Waals surface area contributed by atoms with Crippen molar-refractivity contribution in [2.45, 2.75) is 18.8 Å². The number of halogens is 1. The zero-order valence-electron chi connectivity index (χ0n) is 9.33. The molecule has 0 aliphatic carbocycles. The van der Waals surface area contributed by atoms with Crippen LogP contribution in [-0.2, 0) is 9.59 Å². The molecule has 17 heavy (non-hydrogen) atoms. The molecule has 1 aromatic rings. The summed E-state index contributed by atoms with van der Waals surface area (Å²) in [5.74, 6) is 0.273. The minimum absolute atomic E-state index is 0.0431. The summed E-state index contributed by atoms with van der Waals surface area (Å²) < 4.78 is 5.97. The van der Waals surface area contributed by atoms with Crippen LogP contribution in [0.4, 0.5) is 0 Å². The lowest BCUT2D eigenvalue weighted by atomic mass is 9.89. The molecule has 1 fully saturated rings. The predicted octanol–water partition coefficient (Wildman–Crippen LogP) is 1.98. The van der Waals surface area contributed by atoms with Gasteiger partial charge in [-0.3, -0.25) is 14.9 Å². The lowest BCUT2D eigenvalue weighted by molar-refractivity contribution is -0.133. The molecule has 5 heteroatoms. The smallest absolute Gasteiger partial charge is 0.227 e. The van der Waals surface area contributed by atoms with Crippen molar-refractivity contribution in [3.63, 3.8) is 0 Å². The van der Waals surface area contributed by atoms with E-state index >= 15 is 0 Å². The minimum Gasteiger partial charge on any atom is -0.496 e. The highest BCUT2D eigenvalue weighted by Gasteiger charge is 2.26. The molecule has 1 aliphatic heterocycles. The number of ether oxygens (including phenoxy) is 1. The number of amides is 2. The zero-order chi connectivity index (χ0) is 12.4. The Kier molecular flexibility index (Phi) is 3.47. The number of carbonyl (C=O) groups excluding carboxylic acids is 2. The molecule has 0 radical (unpaired) electrons. The van der Waals surface area contributed by atoms with Crippen LogP contribution in [0.15, 0.2) is 22.7 Å². The van der Waals surface area contributed by atoms with E-state index in [9.17, 15) is 9.59 Å². The number of carbonyl (C=O) groups is 2. The summed E-state index contributed by atoms with van der Waals surface area (Å²) in [6, 6.07) is 5.62. The molecule has 0 saturated carbocycles. The number of imide groups is 1. The maximum Gasteiger partial charge on any atom is 0.227 e. The van der Waals surface area contributed by atoms with E-state index in [1.165, 1.54) is 0 Å². The van der Waals surface area contributed by atoms with Crippen molar-refractivity contribution in [2.75, 3.05) is 7.11 Å². The van der Waals surface area contributed by atoms with E-state index in [0.29, 0.717) is 12.8 Å². The van der Waals surface area contributed by atoms with Crippen molar-refractivity contribution in [1.82, 2.24) is 5.32 Å². The number of nitrogens with one attached hydrogen (secondary N) is 1. The van der Waals surface area contributed by atoms with Crippen molar-refractivity contribution < 1.29 is 14.3 Å². The molecule has 0 unspecified atom stereocenters.